The normalized spacial score (nSPS) is 14.2. The van der Waals surface area contributed by atoms with Gasteiger partial charge in [-0.2, -0.15) is 0 Å². The number of piperidine rings is 1. The van der Waals surface area contributed by atoms with Crippen LogP contribution in [0.4, 0.5) is 11.4 Å². The minimum Gasteiger partial charge on any atom is -0.455 e. The van der Waals surface area contributed by atoms with Crippen molar-refractivity contribution in [2.45, 2.75) is 12.8 Å². The number of carbonyl (C=O) groups excluding carboxylic acids is 2. The first-order valence-corrected chi connectivity index (χ1v) is 10.2. The van der Waals surface area contributed by atoms with Gasteiger partial charge in [0.1, 0.15) is 12.0 Å². The summed E-state index contributed by atoms with van der Waals surface area (Å²) in [6.07, 6.45) is 2.41. The Hall–Kier alpha value is -3.60. The van der Waals surface area contributed by atoms with Crippen molar-refractivity contribution in [3.05, 3.63) is 84.4 Å². The molecule has 0 aromatic heterocycles. The van der Waals surface area contributed by atoms with E-state index in [0.717, 1.165) is 43.7 Å². The van der Waals surface area contributed by atoms with Gasteiger partial charge in [-0.1, -0.05) is 30.3 Å². The molecule has 0 unspecified atom stereocenters. The second-order valence-electron chi connectivity index (χ2n) is 7.37. The maximum absolute atomic E-state index is 12.9. The lowest BCUT2D eigenvalue weighted by Crippen LogP contribution is -2.38. The summed E-state index contributed by atoms with van der Waals surface area (Å²) in [5, 5.41) is 3.05. The molecule has 0 saturated carbocycles. The Balaban J connectivity index is 1.36. The molecule has 4 rings (SSSR count). The highest BCUT2D eigenvalue weighted by atomic mass is 16.5. The van der Waals surface area contributed by atoms with Crippen LogP contribution in [-0.2, 0) is 4.79 Å². The van der Waals surface area contributed by atoms with Gasteiger partial charge in [-0.05, 0) is 61.4 Å². The van der Waals surface area contributed by atoms with Crippen LogP contribution in [0.3, 0.4) is 0 Å². The molecule has 3 aromatic rings. The molecule has 0 atom stereocenters. The van der Waals surface area contributed by atoms with E-state index in [1.807, 2.05) is 78.9 Å². The molecule has 1 aliphatic rings. The van der Waals surface area contributed by atoms with E-state index in [1.165, 1.54) is 0 Å². The molecule has 30 heavy (non-hydrogen) atoms. The molecular weight excluding hydrogens is 376 g/mol. The number of hydrogen-bond donors (Lipinski definition) is 1. The van der Waals surface area contributed by atoms with Gasteiger partial charge in [-0.3, -0.25) is 9.59 Å². The van der Waals surface area contributed by atoms with Gasteiger partial charge < -0.3 is 15.0 Å². The van der Waals surface area contributed by atoms with Gasteiger partial charge in [0.2, 0.25) is 5.91 Å². The zero-order chi connectivity index (χ0) is 20.8. The van der Waals surface area contributed by atoms with Crippen molar-refractivity contribution in [2.24, 2.45) is 5.92 Å². The summed E-state index contributed by atoms with van der Waals surface area (Å²) >= 11 is 0. The summed E-state index contributed by atoms with van der Waals surface area (Å²) in [5.41, 5.74) is 2.43. The van der Waals surface area contributed by atoms with Gasteiger partial charge in [-0.25, -0.2) is 0 Å². The molecule has 1 amide bonds. The van der Waals surface area contributed by atoms with E-state index in [0.29, 0.717) is 17.0 Å². The summed E-state index contributed by atoms with van der Waals surface area (Å²) < 4.78 is 5.94. The number of anilines is 2. The van der Waals surface area contributed by atoms with Crippen molar-refractivity contribution in [2.75, 3.05) is 23.3 Å². The smallest absolute Gasteiger partial charge is 0.227 e. The number of rotatable bonds is 6. The zero-order valence-electron chi connectivity index (χ0n) is 16.7. The fourth-order valence-electron chi connectivity index (χ4n) is 3.67. The number of para-hydroxylation sites is 3. The van der Waals surface area contributed by atoms with Crippen LogP contribution in [0.25, 0.3) is 0 Å². The van der Waals surface area contributed by atoms with Gasteiger partial charge >= 0.3 is 0 Å². The Labute approximate surface area is 176 Å². The predicted octanol–water partition coefficient (Wildman–Crippen LogP) is 5.15. The molecule has 1 heterocycles. The van der Waals surface area contributed by atoms with Gasteiger partial charge in [0, 0.05) is 30.3 Å². The largest absolute Gasteiger partial charge is 0.455 e. The van der Waals surface area contributed by atoms with Crippen molar-refractivity contribution >= 4 is 23.6 Å². The molecule has 152 valence electrons. The van der Waals surface area contributed by atoms with Crippen LogP contribution < -0.4 is 15.0 Å². The number of hydrogen-bond acceptors (Lipinski definition) is 4. The molecule has 1 fully saturated rings. The predicted molar refractivity (Wildman–Crippen MR) is 118 cm³/mol. The van der Waals surface area contributed by atoms with Crippen molar-refractivity contribution in [3.8, 4) is 11.5 Å². The van der Waals surface area contributed by atoms with Crippen LogP contribution in [0, 0.1) is 5.92 Å². The SMILES string of the molecule is O=Cc1ccc(N2CCC(C(=O)Nc3ccccc3Oc3ccccc3)CC2)cc1. The Morgan fingerprint density at radius 3 is 2.27 bits per heavy atom. The lowest BCUT2D eigenvalue weighted by atomic mass is 9.95. The first-order chi connectivity index (χ1) is 14.7. The minimum atomic E-state index is -0.0414. The average molecular weight is 400 g/mol. The Morgan fingerprint density at radius 1 is 0.900 bits per heavy atom. The van der Waals surface area contributed by atoms with E-state index >= 15 is 0 Å². The highest BCUT2D eigenvalue weighted by Gasteiger charge is 2.25. The number of aldehydes is 1. The Morgan fingerprint density at radius 2 is 1.57 bits per heavy atom. The topological polar surface area (TPSA) is 58.6 Å². The third kappa shape index (κ3) is 4.69. The fourth-order valence-corrected chi connectivity index (χ4v) is 3.67. The standard InChI is InChI=1S/C25H24N2O3/c28-18-19-10-12-21(13-11-19)27-16-14-20(15-17-27)25(29)26-23-8-4-5-9-24(23)30-22-6-2-1-3-7-22/h1-13,18,20H,14-17H2,(H,26,29). The molecule has 1 N–H and O–H groups in total. The second kappa shape index (κ2) is 9.27. The molecule has 1 aliphatic heterocycles. The van der Waals surface area contributed by atoms with Crippen molar-refractivity contribution in [1.29, 1.82) is 0 Å². The van der Waals surface area contributed by atoms with Crippen LogP contribution in [0.2, 0.25) is 0 Å². The lowest BCUT2D eigenvalue weighted by Gasteiger charge is -2.33. The monoisotopic (exact) mass is 400 g/mol. The molecule has 5 nitrogen and oxygen atoms in total. The quantitative estimate of drug-likeness (QED) is 0.582. The molecule has 0 radical (unpaired) electrons. The summed E-state index contributed by atoms with van der Waals surface area (Å²) in [6, 6.07) is 24.6. The van der Waals surface area contributed by atoms with Gasteiger partial charge in [0.25, 0.3) is 0 Å². The maximum atomic E-state index is 12.9. The zero-order valence-corrected chi connectivity index (χ0v) is 16.7. The molecule has 0 spiro atoms. The minimum absolute atomic E-state index is 0.0232. The van der Waals surface area contributed by atoms with E-state index < -0.39 is 0 Å². The number of ether oxygens (including phenoxy) is 1. The number of amides is 1. The molecule has 3 aromatic carbocycles. The average Bonchev–Trinajstić information content (AvgIpc) is 2.81. The molecular formula is C25H24N2O3. The van der Waals surface area contributed by atoms with Gasteiger partial charge in [0.05, 0.1) is 5.69 Å². The molecule has 0 bridgehead atoms. The maximum Gasteiger partial charge on any atom is 0.227 e. The van der Waals surface area contributed by atoms with E-state index in [1.54, 1.807) is 0 Å². The van der Waals surface area contributed by atoms with Crippen molar-refractivity contribution < 1.29 is 14.3 Å². The van der Waals surface area contributed by atoms with Crippen molar-refractivity contribution in [3.63, 3.8) is 0 Å². The number of benzene rings is 3. The second-order valence-corrected chi connectivity index (χ2v) is 7.37. The lowest BCUT2D eigenvalue weighted by molar-refractivity contribution is -0.120. The van der Waals surface area contributed by atoms with Crippen LogP contribution in [0.15, 0.2) is 78.9 Å². The fraction of sp³-hybridized carbons (Fsp3) is 0.200. The number of carbonyl (C=O) groups is 2. The van der Waals surface area contributed by atoms with E-state index in [9.17, 15) is 9.59 Å². The van der Waals surface area contributed by atoms with Crippen LogP contribution >= 0.6 is 0 Å². The third-order valence-electron chi connectivity index (χ3n) is 5.38. The van der Waals surface area contributed by atoms with E-state index in [4.69, 9.17) is 4.74 Å². The van der Waals surface area contributed by atoms with Gasteiger partial charge in [0.15, 0.2) is 5.75 Å². The highest BCUT2D eigenvalue weighted by molar-refractivity contribution is 5.94. The van der Waals surface area contributed by atoms with Crippen LogP contribution in [0.5, 0.6) is 11.5 Å². The number of nitrogens with one attached hydrogen (secondary N) is 1. The Bertz CT molecular complexity index is 994. The summed E-state index contributed by atoms with van der Waals surface area (Å²) in [4.78, 5) is 26.0. The molecule has 0 aliphatic carbocycles. The molecule has 5 heteroatoms. The van der Waals surface area contributed by atoms with Gasteiger partial charge in [-0.15, -0.1) is 0 Å². The van der Waals surface area contributed by atoms with Crippen LogP contribution in [-0.4, -0.2) is 25.3 Å². The van der Waals surface area contributed by atoms with Crippen molar-refractivity contribution in [1.82, 2.24) is 0 Å². The van der Waals surface area contributed by atoms with E-state index in [2.05, 4.69) is 10.2 Å². The first-order valence-electron chi connectivity index (χ1n) is 10.2. The Kier molecular flexibility index (Phi) is 6.09. The number of nitrogens with zero attached hydrogens (tertiary/aromatic N) is 1. The summed E-state index contributed by atoms with van der Waals surface area (Å²) in [5.74, 6) is 1.34. The summed E-state index contributed by atoms with van der Waals surface area (Å²) in [6.45, 7) is 1.61. The summed E-state index contributed by atoms with van der Waals surface area (Å²) in [7, 11) is 0. The van der Waals surface area contributed by atoms with Crippen LogP contribution in [0.1, 0.15) is 23.2 Å². The third-order valence-corrected chi connectivity index (χ3v) is 5.38. The highest BCUT2D eigenvalue weighted by Crippen LogP contribution is 2.31. The van der Waals surface area contributed by atoms with E-state index in [-0.39, 0.29) is 11.8 Å². The first kappa shape index (κ1) is 19.7. The molecule has 1 saturated heterocycles.